The molecular formula is C19H17NWY-2. The predicted molar refractivity (Wildman–Crippen MR) is 83.7 cm³/mol. The van der Waals surface area contributed by atoms with Crippen molar-refractivity contribution in [3.8, 4) is 0 Å². The van der Waals surface area contributed by atoms with E-state index in [0.717, 1.165) is 11.3 Å². The Hall–Kier alpha value is -0.878. The number of rotatable bonds is 0. The molecule has 0 bridgehead atoms. The van der Waals surface area contributed by atoms with Gasteiger partial charge in [0, 0.05) is 32.7 Å². The van der Waals surface area contributed by atoms with Gasteiger partial charge >= 0.3 is 21.1 Å². The second-order valence-electron chi connectivity index (χ2n) is 3.82. The van der Waals surface area contributed by atoms with E-state index >= 15 is 0 Å². The molecule has 2 aromatic carbocycles. The van der Waals surface area contributed by atoms with Crippen molar-refractivity contribution in [3.05, 3.63) is 116 Å². The van der Waals surface area contributed by atoms with Crippen molar-refractivity contribution in [2.75, 3.05) is 0 Å². The van der Waals surface area contributed by atoms with Crippen LogP contribution in [-0.2, 0) is 53.8 Å². The van der Waals surface area contributed by atoms with Gasteiger partial charge in [0.25, 0.3) is 0 Å². The molecule has 109 valence electrons. The van der Waals surface area contributed by atoms with E-state index in [1.807, 2.05) is 72.8 Å². The van der Waals surface area contributed by atoms with Crippen molar-refractivity contribution in [1.29, 1.82) is 0 Å². The smallest absolute Gasteiger partial charge is 0.424 e. The van der Waals surface area contributed by atoms with Gasteiger partial charge in [0.2, 0.25) is 0 Å². The van der Waals surface area contributed by atoms with Gasteiger partial charge in [-0.25, -0.2) is 11.8 Å². The molecule has 0 saturated heterocycles. The van der Waals surface area contributed by atoms with Gasteiger partial charge in [0.15, 0.2) is 0 Å². The summed E-state index contributed by atoms with van der Waals surface area (Å²) >= 11 is 0. The number of hydrogen-bond acceptors (Lipinski definition) is 1. The van der Waals surface area contributed by atoms with Gasteiger partial charge in [0.1, 0.15) is 0 Å². The van der Waals surface area contributed by atoms with Crippen LogP contribution in [0.2, 0.25) is 0 Å². The second-order valence-corrected chi connectivity index (χ2v) is 3.82. The molecule has 0 spiro atoms. The summed E-state index contributed by atoms with van der Waals surface area (Å²) in [7, 11) is 0. The standard InChI is InChI=1S/C7H7.C6H5N.C6H5.W.Y/c1-7-5-3-2-4-6-7;1-6-4-2-3-5-7-6;1-2-4-6-5-3-1;;/h2-6H,1H2;2-4H,1H2;1-5H;;/q-1;-2;-1;+2;. The van der Waals surface area contributed by atoms with Gasteiger partial charge in [-0.1, -0.05) is 12.3 Å². The third-order valence-corrected chi connectivity index (χ3v) is 2.12. The first-order valence-corrected chi connectivity index (χ1v) is 6.22. The van der Waals surface area contributed by atoms with Crippen LogP contribution in [0.25, 0.3) is 0 Å². The van der Waals surface area contributed by atoms with Crippen LogP contribution in [-0.4, -0.2) is 4.98 Å². The average molecular weight is 532 g/mol. The second kappa shape index (κ2) is 16.5. The van der Waals surface area contributed by atoms with Crippen LogP contribution < -0.4 is 0 Å². The molecule has 0 N–H and O–H groups in total. The molecule has 0 aliphatic heterocycles. The zero-order valence-corrected chi connectivity index (χ0v) is 18.1. The molecule has 3 aromatic rings. The number of pyridine rings is 1. The Kier molecular flexibility index (Phi) is 17.5. The minimum Gasteiger partial charge on any atom is -0.424 e. The Balaban J connectivity index is 0. The summed E-state index contributed by atoms with van der Waals surface area (Å²) in [5, 5.41) is 0. The maximum absolute atomic E-state index is 3.74. The molecule has 0 aliphatic carbocycles. The van der Waals surface area contributed by atoms with Gasteiger partial charge in [-0.2, -0.15) is 67.1 Å². The van der Waals surface area contributed by atoms with Gasteiger partial charge in [-0.15, -0.1) is 12.1 Å². The van der Waals surface area contributed by atoms with Crippen molar-refractivity contribution >= 4 is 0 Å². The maximum Gasteiger partial charge on any atom is 2.00 e. The molecule has 0 atom stereocenters. The van der Waals surface area contributed by atoms with E-state index in [-0.39, 0.29) is 53.8 Å². The van der Waals surface area contributed by atoms with Gasteiger partial charge in [-0.3, -0.25) is 13.0 Å². The molecule has 22 heavy (non-hydrogen) atoms. The first-order valence-electron chi connectivity index (χ1n) is 6.22. The number of benzene rings is 2. The van der Waals surface area contributed by atoms with Crippen LogP contribution in [0.5, 0.6) is 0 Å². The van der Waals surface area contributed by atoms with Crippen LogP contribution >= 0.6 is 0 Å². The average Bonchev–Trinajstić information content (AvgIpc) is 2.52. The molecule has 0 saturated carbocycles. The monoisotopic (exact) mass is 532 g/mol. The summed E-state index contributed by atoms with van der Waals surface area (Å²) in [5.41, 5.74) is 1.84. The first kappa shape index (κ1) is 23.4. The predicted octanol–water partition coefficient (Wildman–Crippen LogP) is 4.41. The third-order valence-electron chi connectivity index (χ3n) is 2.12. The molecule has 0 fully saturated rings. The molecule has 1 radical (unpaired) electrons. The van der Waals surface area contributed by atoms with Crippen LogP contribution in [0.1, 0.15) is 11.3 Å². The van der Waals surface area contributed by atoms with Crippen molar-refractivity contribution in [2.24, 2.45) is 0 Å². The largest absolute Gasteiger partial charge is 2.00 e. The Labute approximate surface area is 173 Å². The third kappa shape index (κ3) is 14.1. The molecule has 1 nitrogen and oxygen atoms in total. The van der Waals surface area contributed by atoms with E-state index in [1.54, 1.807) is 6.07 Å². The summed E-state index contributed by atoms with van der Waals surface area (Å²) < 4.78 is 0. The van der Waals surface area contributed by atoms with Crippen LogP contribution in [0.15, 0.2) is 78.9 Å². The summed E-state index contributed by atoms with van der Waals surface area (Å²) in [6, 6.07) is 27.8. The van der Waals surface area contributed by atoms with E-state index in [4.69, 9.17) is 0 Å². The minimum atomic E-state index is 0. The van der Waals surface area contributed by atoms with Crippen molar-refractivity contribution in [2.45, 2.75) is 0 Å². The summed E-state index contributed by atoms with van der Waals surface area (Å²) in [6.45, 7) is 7.30. The normalized spacial score (nSPS) is 7.64. The minimum absolute atomic E-state index is 0. The summed E-state index contributed by atoms with van der Waals surface area (Å²) in [6.07, 6.45) is 2.65. The topological polar surface area (TPSA) is 12.9 Å². The van der Waals surface area contributed by atoms with E-state index in [1.165, 1.54) is 0 Å². The van der Waals surface area contributed by atoms with Crippen molar-refractivity contribution in [3.63, 3.8) is 0 Å². The Morgan fingerprint density at radius 3 is 1.55 bits per heavy atom. The van der Waals surface area contributed by atoms with Crippen LogP contribution in [0.3, 0.4) is 0 Å². The Morgan fingerprint density at radius 2 is 1.32 bits per heavy atom. The first-order chi connectivity index (χ1) is 9.79. The van der Waals surface area contributed by atoms with Gasteiger partial charge in [0.05, 0.1) is 0 Å². The summed E-state index contributed by atoms with van der Waals surface area (Å²) in [5.74, 6) is 0. The molecule has 0 unspecified atom stereocenters. The van der Waals surface area contributed by atoms with Crippen LogP contribution in [0, 0.1) is 26.1 Å². The Morgan fingerprint density at radius 1 is 0.727 bits per heavy atom. The van der Waals surface area contributed by atoms with E-state index < -0.39 is 0 Å². The fourth-order valence-corrected chi connectivity index (χ4v) is 1.18. The molecular weight excluding hydrogens is 515 g/mol. The zero-order chi connectivity index (χ0) is 14.5. The zero-order valence-electron chi connectivity index (χ0n) is 12.4. The number of hydrogen-bond donors (Lipinski definition) is 0. The molecule has 0 aliphatic rings. The Bertz CT molecular complexity index is 480. The maximum atomic E-state index is 3.74. The van der Waals surface area contributed by atoms with Gasteiger partial charge in [-0.05, 0) is 0 Å². The van der Waals surface area contributed by atoms with Crippen molar-refractivity contribution in [1.82, 2.24) is 4.98 Å². The van der Waals surface area contributed by atoms with E-state index in [9.17, 15) is 0 Å². The fraction of sp³-hybridized carbons (Fsp3) is 0. The molecule has 1 aromatic heterocycles. The van der Waals surface area contributed by atoms with Crippen LogP contribution in [0.4, 0.5) is 0 Å². The molecule has 0 amide bonds. The van der Waals surface area contributed by atoms with E-state index in [0.29, 0.717) is 0 Å². The molecule has 3 rings (SSSR count). The molecule has 3 heteroatoms. The van der Waals surface area contributed by atoms with Gasteiger partial charge < -0.3 is 4.98 Å². The van der Waals surface area contributed by atoms with E-state index in [2.05, 4.69) is 31.1 Å². The number of nitrogens with zero attached hydrogens (tertiary/aromatic N) is 1. The quantitative estimate of drug-likeness (QED) is 0.392. The van der Waals surface area contributed by atoms with Crippen molar-refractivity contribution < 1.29 is 53.8 Å². The SMILES string of the molecule is [CH2-]c1ccc[c-]n1.[CH2-]c1ccccc1.[W+2].[Y].[c-]1ccccc1. The summed E-state index contributed by atoms with van der Waals surface area (Å²) in [4.78, 5) is 3.74. The number of aromatic nitrogens is 1. The fourth-order valence-electron chi connectivity index (χ4n) is 1.18. The molecule has 1 heterocycles.